The standard InChI is InChI=1S/C5H11.C3H5.Sn.2H/c1-3-5-4-2;1-3-2;;;/h1,3-5H2,2H3;3H,1-2H2;;;. The molecule has 0 aromatic rings. The predicted molar refractivity (Wildman–Crippen MR) is 47.9 cm³/mol. The molecule has 9 heavy (non-hydrogen) atoms. The van der Waals surface area contributed by atoms with Gasteiger partial charge in [-0.2, -0.15) is 0 Å². The summed E-state index contributed by atoms with van der Waals surface area (Å²) >= 11 is -0.272. The van der Waals surface area contributed by atoms with Crippen LogP contribution < -0.4 is 0 Å². The van der Waals surface area contributed by atoms with E-state index in [4.69, 9.17) is 0 Å². The Morgan fingerprint density at radius 3 is 2.78 bits per heavy atom. The van der Waals surface area contributed by atoms with Crippen molar-refractivity contribution in [1.29, 1.82) is 0 Å². The first-order chi connectivity index (χ1) is 4.41. The Kier molecular flexibility index (Phi) is 9.05. The van der Waals surface area contributed by atoms with Crippen molar-refractivity contribution in [2.75, 3.05) is 0 Å². The van der Waals surface area contributed by atoms with Crippen molar-refractivity contribution in [2.24, 2.45) is 0 Å². The van der Waals surface area contributed by atoms with E-state index in [-0.39, 0.29) is 21.1 Å². The minimum absolute atomic E-state index is 0.272. The van der Waals surface area contributed by atoms with Crippen molar-refractivity contribution in [3.63, 3.8) is 0 Å². The summed E-state index contributed by atoms with van der Waals surface area (Å²) in [4.78, 5) is 0. The van der Waals surface area contributed by atoms with Gasteiger partial charge in [0, 0.05) is 0 Å². The predicted octanol–water partition coefficient (Wildman–Crippen LogP) is 2.37. The molecule has 0 aliphatic carbocycles. The van der Waals surface area contributed by atoms with Crippen LogP contribution in [0.1, 0.15) is 26.2 Å². The first kappa shape index (κ1) is 9.54. The van der Waals surface area contributed by atoms with Gasteiger partial charge in [0.15, 0.2) is 0 Å². The van der Waals surface area contributed by atoms with Crippen LogP contribution in [0.5, 0.6) is 0 Å². The molecule has 0 nitrogen and oxygen atoms in total. The third-order valence-corrected chi connectivity index (χ3v) is 6.70. The van der Waals surface area contributed by atoms with Crippen LogP contribution in [0.3, 0.4) is 0 Å². The molecule has 0 aliphatic heterocycles. The van der Waals surface area contributed by atoms with Crippen molar-refractivity contribution in [3.05, 3.63) is 12.7 Å². The fourth-order valence-electron chi connectivity index (χ4n) is 0.892. The van der Waals surface area contributed by atoms with Gasteiger partial charge in [-0.15, -0.1) is 0 Å². The molecule has 0 aromatic heterocycles. The second-order valence-electron chi connectivity index (χ2n) is 2.49. The average Bonchev–Trinajstić information content (AvgIpc) is 1.89. The molecule has 0 aromatic carbocycles. The van der Waals surface area contributed by atoms with Crippen LogP contribution in [0, 0.1) is 0 Å². The zero-order valence-corrected chi connectivity index (χ0v) is 10.6. The van der Waals surface area contributed by atoms with Crippen molar-refractivity contribution in [3.8, 4) is 0 Å². The summed E-state index contributed by atoms with van der Waals surface area (Å²) in [6.45, 7) is 6.00. The molecule has 0 bridgehead atoms. The summed E-state index contributed by atoms with van der Waals surface area (Å²) in [5.74, 6) is 0. The molecule has 0 saturated heterocycles. The molecule has 1 heteroatoms. The molecule has 0 rings (SSSR count). The second-order valence-corrected chi connectivity index (χ2v) is 8.18. The average molecular weight is 233 g/mol. The molecular weight excluding hydrogens is 215 g/mol. The van der Waals surface area contributed by atoms with Gasteiger partial charge >= 0.3 is 68.9 Å². The molecule has 0 spiro atoms. The Bertz CT molecular complexity index is 59.6. The zero-order chi connectivity index (χ0) is 6.95. The van der Waals surface area contributed by atoms with Crippen LogP contribution >= 0.6 is 0 Å². The van der Waals surface area contributed by atoms with Gasteiger partial charge in [-0.25, -0.2) is 0 Å². The van der Waals surface area contributed by atoms with Gasteiger partial charge in [-0.3, -0.25) is 0 Å². The van der Waals surface area contributed by atoms with Gasteiger partial charge in [0.25, 0.3) is 0 Å². The van der Waals surface area contributed by atoms with Gasteiger partial charge in [0.05, 0.1) is 0 Å². The van der Waals surface area contributed by atoms with Crippen molar-refractivity contribution in [1.82, 2.24) is 0 Å². The van der Waals surface area contributed by atoms with Crippen molar-refractivity contribution >= 4 is 21.1 Å². The Balaban J connectivity index is 2.66. The maximum absolute atomic E-state index is 3.73. The van der Waals surface area contributed by atoms with E-state index in [1.807, 2.05) is 0 Å². The summed E-state index contributed by atoms with van der Waals surface area (Å²) in [7, 11) is 0. The van der Waals surface area contributed by atoms with E-state index in [0.29, 0.717) is 0 Å². The fraction of sp³-hybridized carbons (Fsp3) is 0.750. The van der Waals surface area contributed by atoms with Crippen molar-refractivity contribution < 1.29 is 0 Å². The molecule has 54 valence electrons. The summed E-state index contributed by atoms with van der Waals surface area (Å²) in [5.41, 5.74) is 0. The molecule has 0 fully saturated rings. The molecule has 0 heterocycles. The van der Waals surface area contributed by atoms with Gasteiger partial charge in [0.2, 0.25) is 0 Å². The number of unbranched alkanes of at least 4 members (excludes halogenated alkanes) is 2. The van der Waals surface area contributed by atoms with Gasteiger partial charge in [-0.1, -0.05) is 0 Å². The molecule has 0 aliphatic rings. The monoisotopic (exact) mass is 234 g/mol. The van der Waals surface area contributed by atoms with Gasteiger partial charge < -0.3 is 0 Å². The van der Waals surface area contributed by atoms with Crippen LogP contribution in [0.4, 0.5) is 0 Å². The van der Waals surface area contributed by atoms with E-state index in [2.05, 4.69) is 19.6 Å². The molecule has 0 atom stereocenters. The fourth-order valence-corrected chi connectivity index (χ4v) is 4.56. The summed E-state index contributed by atoms with van der Waals surface area (Å²) < 4.78 is 3.01. The van der Waals surface area contributed by atoms with E-state index in [1.54, 1.807) is 4.44 Å². The van der Waals surface area contributed by atoms with Crippen LogP contribution in [0.25, 0.3) is 0 Å². The second kappa shape index (κ2) is 8.54. The summed E-state index contributed by atoms with van der Waals surface area (Å²) in [6, 6.07) is 0. The third-order valence-electron chi connectivity index (χ3n) is 1.51. The number of hydrogen-bond acceptors (Lipinski definition) is 0. The first-order valence-corrected chi connectivity index (χ1v) is 9.73. The van der Waals surface area contributed by atoms with E-state index in [1.165, 1.54) is 23.7 Å². The topological polar surface area (TPSA) is 0 Å². The number of allylic oxidation sites excluding steroid dienone is 1. The van der Waals surface area contributed by atoms with Crippen LogP contribution in [0.2, 0.25) is 8.87 Å². The van der Waals surface area contributed by atoms with Crippen LogP contribution in [-0.4, -0.2) is 21.1 Å². The Morgan fingerprint density at radius 1 is 1.44 bits per heavy atom. The van der Waals surface area contributed by atoms with Gasteiger partial charge in [0.1, 0.15) is 0 Å². The molecule has 0 N–H and O–H groups in total. The molecule has 0 unspecified atom stereocenters. The zero-order valence-electron chi connectivity index (χ0n) is 6.53. The third kappa shape index (κ3) is 8.54. The number of rotatable bonds is 6. The molecule has 0 radical (unpaired) electrons. The quantitative estimate of drug-likeness (QED) is 0.375. The summed E-state index contributed by atoms with van der Waals surface area (Å²) in [5, 5.41) is 0. The van der Waals surface area contributed by atoms with Crippen LogP contribution in [-0.2, 0) is 0 Å². The number of hydrogen-bond donors (Lipinski definition) is 0. The maximum atomic E-state index is 3.73. The Labute approximate surface area is 68.9 Å². The first-order valence-electron chi connectivity index (χ1n) is 4.02. The van der Waals surface area contributed by atoms with Crippen molar-refractivity contribution in [2.45, 2.75) is 35.1 Å². The Morgan fingerprint density at radius 2 is 2.22 bits per heavy atom. The SMILES string of the molecule is C=C[CH2][SnH2][CH2]CCCC. The van der Waals surface area contributed by atoms with E-state index >= 15 is 0 Å². The van der Waals surface area contributed by atoms with Gasteiger partial charge in [-0.05, 0) is 0 Å². The van der Waals surface area contributed by atoms with E-state index < -0.39 is 0 Å². The summed E-state index contributed by atoms with van der Waals surface area (Å²) in [6.07, 6.45) is 6.43. The normalized spacial score (nSPS) is 10.8. The minimum atomic E-state index is -0.272. The molecular formula is C8H18Sn. The van der Waals surface area contributed by atoms with E-state index in [9.17, 15) is 0 Å². The van der Waals surface area contributed by atoms with Crippen LogP contribution in [0.15, 0.2) is 12.7 Å². The molecule has 0 saturated carbocycles. The molecule has 0 amide bonds. The Hall–Kier alpha value is 0.539. The van der Waals surface area contributed by atoms with E-state index in [0.717, 1.165) is 0 Å².